The minimum absolute atomic E-state index is 0.219. The molecule has 1 aliphatic carbocycles. The first-order valence-corrected chi connectivity index (χ1v) is 9.44. The van der Waals surface area contributed by atoms with Crippen molar-refractivity contribution in [2.75, 3.05) is 6.61 Å². The number of nitrogens with zero attached hydrogens (tertiary/aromatic N) is 2. The fraction of sp³-hybridized carbons (Fsp3) is 0.706. The van der Waals surface area contributed by atoms with Crippen molar-refractivity contribution in [2.24, 2.45) is 0 Å². The van der Waals surface area contributed by atoms with Crippen LogP contribution < -0.4 is 0 Å². The van der Waals surface area contributed by atoms with E-state index in [9.17, 15) is 9.59 Å². The molecule has 0 unspecified atom stereocenters. The van der Waals surface area contributed by atoms with Crippen LogP contribution in [0.1, 0.15) is 74.3 Å². The maximum atomic E-state index is 12.4. The Bertz CT molecular complexity index is 526. The van der Waals surface area contributed by atoms with E-state index in [4.69, 9.17) is 4.74 Å². The van der Waals surface area contributed by atoms with E-state index >= 15 is 0 Å². The number of ether oxygens (including phenoxy) is 1. The van der Waals surface area contributed by atoms with Crippen molar-refractivity contribution in [1.82, 2.24) is 9.88 Å². The van der Waals surface area contributed by atoms with Gasteiger partial charge in [-0.2, -0.15) is 0 Å². The standard InChI is InChI=1S/C17H26N2O3S/c1-3-5-6-7-8-16(20)19(13-9-10-13)11-15-18-14(12-23-15)17(21)22-4-2/h12-13H,3-11H2,1-2H3. The van der Waals surface area contributed by atoms with Gasteiger partial charge in [0.05, 0.1) is 13.2 Å². The number of amides is 1. The van der Waals surface area contributed by atoms with Crippen molar-refractivity contribution in [3.8, 4) is 0 Å². The second-order valence-electron chi connectivity index (χ2n) is 5.91. The molecule has 5 nitrogen and oxygen atoms in total. The van der Waals surface area contributed by atoms with Crippen LogP contribution in [0.5, 0.6) is 0 Å². The third kappa shape index (κ3) is 5.61. The van der Waals surface area contributed by atoms with Crippen LogP contribution >= 0.6 is 11.3 Å². The van der Waals surface area contributed by atoms with Gasteiger partial charge in [0, 0.05) is 17.8 Å². The van der Waals surface area contributed by atoms with Crippen molar-refractivity contribution in [2.45, 2.75) is 71.4 Å². The smallest absolute Gasteiger partial charge is 0.357 e. The number of hydrogen-bond donors (Lipinski definition) is 0. The summed E-state index contributed by atoms with van der Waals surface area (Å²) in [5.41, 5.74) is 0.345. The summed E-state index contributed by atoms with van der Waals surface area (Å²) in [6, 6.07) is 0.364. The van der Waals surface area contributed by atoms with Gasteiger partial charge >= 0.3 is 5.97 Å². The summed E-state index contributed by atoms with van der Waals surface area (Å²) >= 11 is 1.42. The molecule has 1 heterocycles. The van der Waals surface area contributed by atoms with Gasteiger partial charge in [-0.3, -0.25) is 4.79 Å². The van der Waals surface area contributed by atoms with Crippen molar-refractivity contribution >= 4 is 23.2 Å². The van der Waals surface area contributed by atoms with Crippen LogP contribution in [0.4, 0.5) is 0 Å². The van der Waals surface area contributed by atoms with E-state index in [1.54, 1.807) is 12.3 Å². The number of unbranched alkanes of at least 4 members (excludes halogenated alkanes) is 3. The maximum absolute atomic E-state index is 12.4. The number of carbonyl (C=O) groups is 2. The molecule has 0 spiro atoms. The van der Waals surface area contributed by atoms with E-state index < -0.39 is 0 Å². The molecule has 128 valence electrons. The van der Waals surface area contributed by atoms with Crippen LogP contribution in [0.2, 0.25) is 0 Å². The first kappa shape index (κ1) is 17.9. The molecule has 0 aromatic carbocycles. The van der Waals surface area contributed by atoms with Gasteiger partial charge < -0.3 is 9.64 Å². The van der Waals surface area contributed by atoms with Crippen LogP contribution in [0.25, 0.3) is 0 Å². The molecule has 0 radical (unpaired) electrons. The molecule has 0 aliphatic heterocycles. The zero-order valence-electron chi connectivity index (χ0n) is 14.0. The predicted octanol–water partition coefficient (Wildman–Crippen LogP) is 3.78. The molecule has 6 heteroatoms. The van der Waals surface area contributed by atoms with Crippen LogP contribution in [-0.2, 0) is 16.1 Å². The molecule has 23 heavy (non-hydrogen) atoms. The first-order valence-electron chi connectivity index (χ1n) is 8.56. The summed E-state index contributed by atoms with van der Waals surface area (Å²) in [4.78, 5) is 30.4. The van der Waals surface area contributed by atoms with Crippen molar-refractivity contribution < 1.29 is 14.3 Å². The van der Waals surface area contributed by atoms with E-state index in [2.05, 4.69) is 11.9 Å². The molecule has 1 saturated carbocycles. The highest BCUT2D eigenvalue weighted by Crippen LogP contribution is 2.30. The number of thiazole rings is 1. The maximum Gasteiger partial charge on any atom is 0.357 e. The van der Waals surface area contributed by atoms with Gasteiger partial charge in [-0.15, -0.1) is 11.3 Å². The average molecular weight is 338 g/mol. The Morgan fingerprint density at radius 2 is 2.09 bits per heavy atom. The Morgan fingerprint density at radius 1 is 1.30 bits per heavy atom. The van der Waals surface area contributed by atoms with E-state index in [1.807, 2.05) is 4.90 Å². The lowest BCUT2D eigenvalue weighted by Crippen LogP contribution is -2.32. The fourth-order valence-corrected chi connectivity index (χ4v) is 3.24. The SMILES string of the molecule is CCCCCCC(=O)N(Cc1nc(C(=O)OCC)cs1)C1CC1. The van der Waals surface area contributed by atoms with E-state index in [0.29, 0.717) is 31.3 Å². The third-order valence-electron chi connectivity index (χ3n) is 3.89. The molecule has 1 amide bonds. The van der Waals surface area contributed by atoms with Crippen LogP contribution in [0.15, 0.2) is 5.38 Å². The lowest BCUT2D eigenvalue weighted by atomic mass is 10.1. The Hall–Kier alpha value is -1.43. The molecular weight excluding hydrogens is 312 g/mol. The Balaban J connectivity index is 1.89. The summed E-state index contributed by atoms with van der Waals surface area (Å²) in [6.07, 6.45) is 7.22. The average Bonchev–Trinajstić information content (AvgIpc) is 3.27. The number of esters is 1. The van der Waals surface area contributed by atoms with Gasteiger partial charge in [0.15, 0.2) is 5.69 Å². The predicted molar refractivity (Wildman–Crippen MR) is 90.4 cm³/mol. The second-order valence-corrected chi connectivity index (χ2v) is 6.85. The minimum atomic E-state index is -0.390. The van der Waals surface area contributed by atoms with E-state index in [1.165, 1.54) is 24.2 Å². The number of carbonyl (C=O) groups excluding carboxylic acids is 2. The summed E-state index contributed by atoms with van der Waals surface area (Å²) in [6.45, 7) is 4.80. The molecule has 1 aromatic rings. The largest absolute Gasteiger partial charge is 0.461 e. The van der Waals surface area contributed by atoms with Gasteiger partial charge in [0.1, 0.15) is 5.01 Å². The summed E-state index contributed by atoms with van der Waals surface area (Å²) < 4.78 is 4.95. The van der Waals surface area contributed by atoms with E-state index in [-0.39, 0.29) is 11.9 Å². The number of rotatable bonds is 10. The van der Waals surface area contributed by atoms with Crippen molar-refractivity contribution in [3.05, 3.63) is 16.1 Å². The molecule has 0 saturated heterocycles. The summed E-state index contributed by atoms with van der Waals surface area (Å²) in [7, 11) is 0. The zero-order valence-corrected chi connectivity index (χ0v) is 14.9. The fourth-order valence-electron chi connectivity index (χ4n) is 2.48. The molecule has 2 rings (SSSR count). The lowest BCUT2D eigenvalue weighted by Gasteiger charge is -2.21. The highest BCUT2D eigenvalue weighted by Gasteiger charge is 2.32. The summed E-state index contributed by atoms with van der Waals surface area (Å²) in [5.74, 6) is -0.171. The normalized spacial score (nSPS) is 13.8. The Morgan fingerprint density at radius 3 is 2.74 bits per heavy atom. The van der Waals surface area contributed by atoms with Crippen LogP contribution in [-0.4, -0.2) is 34.4 Å². The van der Waals surface area contributed by atoms with Crippen molar-refractivity contribution in [1.29, 1.82) is 0 Å². The molecule has 1 aromatic heterocycles. The minimum Gasteiger partial charge on any atom is -0.461 e. The van der Waals surface area contributed by atoms with Gasteiger partial charge in [0.25, 0.3) is 0 Å². The summed E-state index contributed by atoms with van der Waals surface area (Å²) in [5, 5.41) is 2.52. The van der Waals surface area contributed by atoms with Gasteiger partial charge in [-0.05, 0) is 26.2 Å². The van der Waals surface area contributed by atoms with Crippen molar-refractivity contribution in [3.63, 3.8) is 0 Å². The van der Waals surface area contributed by atoms with Gasteiger partial charge in [-0.1, -0.05) is 26.2 Å². The molecular formula is C17H26N2O3S. The number of hydrogen-bond acceptors (Lipinski definition) is 5. The van der Waals surface area contributed by atoms with Crippen LogP contribution in [0, 0.1) is 0 Å². The van der Waals surface area contributed by atoms with Gasteiger partial charge in [-0.25, -0.2) is 9.78 Å². The van der Waals surface area contributed by atoms with Crippen LogP contribution in [0.3, 0.4) is 0 Å². The molecule has 0 bridgehead atoms. The number of aromatic nitrogens is 1. The molecule has 1 aliphatic rings. The monoisotopic (exact) mass is 338 g/mol. The Labute approximate surface area is 142 Å². The quantitative estimate of drug-likeness (QED) is 0.481. The highest BCUT2D eigenvalue weighted by molar-refractivity contribution is 7.09. The topological polar surface area (TPSA) is 59.5 Å². The first-order chi connectivity index (χ1) is 11.2. The molecule has 1 fully saturated rings. The Kier molecular flexibility index (Phi) is 7.02. The third-order valence-corrected chi connectivity index (χ3v) is 4.73. The van der Waals surface area contributed by atoms with Gasteiger partial charge in [0.2, 0.25) is 5.91 Å². The zero-order chi connectivity index (χ0) is 16.7. The molecule has 0 N–H and O–H groups in total. The lowest BCUT2D eigenvalue weighted by molar-refractivity contribution is -0.132. The van der Waals surface area contributed by atoms with E-state index in [0.717, 1.165) is 30.7 Å². The highest BCUT2D eigenvalue weighted by atomic mass is 32.1. The molecule has 0 atom stereocenters. The second kappa shape index (κ2) is 9.01.